The first-order valence-corrected chi connectivity index (χ1v) is 5.40. The fourth-order valence-electron chi connectivity index (χ4n) is 1.60. The number of ketones is 1. The minimum Gasteiger partial charge on any atom is -0.508 e. The number of hydrogen-bond donors (Lipinski definition) is 1. The number of rotatable bonds is 4. The van der Waals surface area contributed by atoms with Gasteiger partial charge in [0.25, 0.3) is 0 Å². The lowest BCUT2D eigenvalue weighted by molar-refractivity contribution is -0.146. The van der Waals surface area contributed by atoms with Gasteiger partial charge in [0, 0.05) is 17.0 Å². The van der Waals surface area contributed by atoms with Gasteiger partial charge < -0.3 is 14.3 Å². The van der Waals surface area contributed by atoms with Gasteiger partial charge in [-0.3, -0.25) is 9.59 Å². The number of aromatic hydroxyl groups is 1. The highest BCUT2D eigenvalue weighted by atomic mass is 16.5. The Kier molecular flexibility index (Phi) is 3.32. The molecule has 0 bridgehead atoms. The van der Waals surface area contributed by atoms with Crippen molar-refractivity contribution >= 4 is 22.7 Å². The van der Waals surface area contributed by atoms with E-state index in [9.17, 15) is 14.7 Å². The Morgan fingerprint density at radius 1 is 1.39 bits per heavy atom. The summed E-state index contributed by atoms with van der Waals surface area (Å²) in [5.74, 6) is -0.589. The topological polar surface area (TPSA) is 76.7 Å². The predicted octanol–water partition coefficient (Wildman–Crippen LogP) is 1.81. The molecule has 0 atom stereocenters. The third-order valence-corrected chi connectivity index (χ3v) is 2.41. The second kappa shape index (κ2) is 4.91. The van der Waals surface area contributed by atoms with Crippen LogP contribution in [0.2, 0.25) is 0 Å². The van der Waals surface area contributed by atoms with Crippen LogP contribution in [-0.4, -0.2) is 23.5 Å². The molecule has 1 aromatic carbocycles. The van der Waals surface area contributed by atoms with Gasteiger partial charge in [0.15, 0.2) is 5.78 Å². The molecule has 0 spiro atoms. The highest BCUT2D eigenvalue weighted by molar-refractivity contribution is 5.87. The van der Waals surface area contributed by atoms with Gasteiger partial charge in [0.05, 0.1) is 12.7 Å². The van der Waals surface area contributed by atoms with Gasteiger partial charge in [0.2, 0.25) is 0 Å². The van der Waals surface area contributed by atoms with Crippen molar-refractivity contribution in [1.82, 2.24) is 0 Å². The second-order valence-corrected chi connectivity index (χ2v) is 3.98. The van der Waals surface area contributed by atoms with Crippen LogP contribution < -0.4 is 0 Å². The number of esters is 1. The van der Waals surface area contributed by atoms with Crippen LogP contribution in [0.25, 0.3) is 11.0 Å². The Balaban J connectivity index is 2.12. The van der Waals surface area contributed by atoms with Crippen molar-refractivity contribution < 1.29 is 23.8 Å². The molecule has 2 aromatic rings. The molecule has 0 unspecified atom stereocenters. The number of furan rings is 1. The summed E-state index contributed by atoms with van der Waals surface area (Å²) in [5.41, 5.74) is 1.17. The smallest absolute Gasteiger partial charge is 0.310 e. The number of phenolic OH excluding ortho intramolecular Hbond substituents is 1. The Hall–Kier alpha value is -2.30. The van der Waals surface area contributed by atoms with Crippen LogP contribution in [0, 0.1) is 0 Å². The van der Waals surface area contributed by atoms with Gasteiger partial charge in [-0.2, -0.15) is 0 Å². The summed E-state index contributed by atoms with van der Waals surface area (Å²) < 4.78 is 9.99. The largest absolute Gasteiger partial charge is 0.508 e. The molecule has 0 aliphatic carbocycles. The summed E-state index contributed by atoms with van der Waals surface area (Å²) in [6.45, 7) is 1.14. The van der Waals surface area contributed by atoms with Crippen molar-refractivity contribution in [3.8, 4) is 5.75 Å². The molecule has 1 heterocycles. The first kappa shape index (κ1) is 12.2. The fourth-order valence-corrected chi connectivity index (χ4v) is 1.60. The molecule has 0 aliphatic rings. The van der Waals surface area contributed by atoms with Crippen molar-refractivity contribution in [3.63, 3.8) is 0 Å². The minimum absolute atomic E-state index is 0.0328. The lowest BCUT2D eigenvalue weighted by Crippen LogP contribution is -2.13. The molecule has 0 radical (unpaired) electrons. The summed E-state index contributed by atoms with van der Waals surface area (Å²) >= 11 is 0. The van der Waals surface area contributed by atoms with E-state index in [0.717, 1.165) is 5.39 Å². The third-order valence-electron chi connectivity index (χ3n) is 2.41. The molecule has 0 fully saturated rings. The number of phenols is 1. The highest BCUT2D eigenvalue weighted by Gasteiger charge is 2.12. The summed E-state index contributed by atoms with van der Waals surface area (Å²) in [7, 11) is 0. The van der Waals surface area contributed by atoms with E-state index in [4.69, 9.17) is 9.15 Å². The van der Waals surface area contributed by atoms with E-state index in [2.05, 4.69) is 0 Å². The van der Waals surface area contributed by atoms with Crippen LogP contribution in [0.15, 0.2) is 28.9 Å². The van der Waals surface area contributed by atoms with Gasteiger partial charge in [-0.15, -0.1) is 0 Å². The molecule has 2 rings (SSSR count). The van der Waals surface area contributed by atoms with Gasteiger partial charge in [-0.05, 0) is 19.1 Å². The number of carbonyl (C=O) groups is 2. The van der Waals surface area contributed by atoms with E-state index in [0.29, 0.717) is 11.1 Å². The molecule has 5 heteroatoms. The molecule has 18 heavy (non-hydrogen) atoms. The molecule has 1 aromatic heterocycles. The fraction of sp³-hybridized carbons (Fsp3) is 0.231. The maximum absolute atomic E-state index is 11.5. The molecule has 0 saturated heterocycles. The van der Waals surface area contributed by atoms with E-state index in [1.807, 2.05) is 0 Å². The van der Waals surface area contributed by atoms with Crippen LogP contribution in [0.5, 0.6) is 5.75 Å². The van der Waals surface area contributed by atoms with Gasteiger partial charge in [-0.1, -0.05) is 0 Å². The number of ether oxygens (including phenoxy) is 1. The Bertz CT molecular complexity index is 596. The van der Waals surface area contributed by atoms with Crippen molar-refractivity contribution in [3.05, 3.63) is 30.0 Å². The molecular formula is C13H12O5. The number of carbonyl (C=O) groups excluding carboxylic acids is 2. The SMILES string of the molecule is CC(=O)COC(=O)Cc1coc2cc(O)ccc12. The Morgan fingerprint density at radius 2 is 2.17 bits per heavy atom. The molecule has 0 amide bonds. The van der Waals surface area contributed by atoms with Crippen LogP contribution in [0.4, 0.5) is 0 Å². The molecule has 94 valence electrons. The zero-order chi connectivity index (χ0) is 13.1. The molecule has 0 saturated carbocycles. The van der Waals surface area contributed by atoms with E-state index in [1.165, 1.54) is 25.3 Å². The van der Waals surface area contributed by atoms with Gasteiger partial charge >= 0.3 is 5.97 Å². The number of Topliss-reactive ketones (excluding diaryl/α,β-unsaturated/α-hetero) is 1. The maximum Gasteiger partial charge on any atom is 0.310 e. The van der Waals surface area contributed by atoms with Crippen LogP contribution in [0.3, 0.4) is 0 Å². The van der Waals surface area contributed by atoms with Crippen molar-refractivity contribution in [2.45, 2.75) is 13.3 Å². The predicted molar refractivity (Wildman–Crippen MR) is 63.2 cm³/mol. The normalized spacial score (nSPS) is 10.5. The molecule has 5 nitrogen and oxygen atoms in total. The molecule has 0 aliphatic heterocycles. The molecular weight excluding hydrogens is 236 g/mol. The summed E-state index contributed by atoms with van der Waals surface area (Å²) in [4.78, 5) is 22.1. The Morgan fingerprint density at radius 3 is 2.89 bits per heavy atom. The number of benzene rings is 1. The van der Waals surface area contributed by atoms with Crippen LogP contribution in [0.1, 0.15) is 12.5 Å². The third kappa shape index (κ3) is 2.68. The maximum atomic E-state index is 11.5. The summed E-state index contributed by atoms with van der Waals surface area (Å²) in [6.07, 6.45) is 1.48. The molecule has 1 N–H and O–H groups in total. The van der Waals surface area contributed by atoms with Gasteiger partial charge in [-0.25, -0.2) is 0 Å². The first-order chi connectivity index (χ1) is 8.56. The lowest BCUT2D eigenvalue weighted by Gasteiger charge is -2.01. The average molecular weight is 248 g/mol. The zero-order valence-corrected chi connectivity index (χ0v) is 9.80. The monoisotopic (exact) mass is 248 g/mol. The standard InChI is InChI=1S/C13H12O5/c1-8(14)6-18-13(16)4-9-7-17-12-5-10(15)2-3-11(9)12/h2-3,5,7,15H,4,6H2,1H3. The van der Waals surface area contributed by atoms with Crippen molar-refractivity contribution in [2.75, 3.05) is 6.61 Å². The van der Waals surface area contributed by atoms with E-state index >= 15 is 0 Å². The minimum atomic E-state index is -0.485. The number of hydrogen-bond acceptors (Lipinski definition) is 5. The first-order valence-electron chi connectivity index (χ1n) is 5.40. The number of fused-ring (bicyclic) bond motifs is 1. The second-order valence-electron chi connectivity index (χ2n) is 3.98. The van der Waals surface area contributed by atoms with E-state index in [1.54, 1.807) is 6.07 Å². The summed E-state index contributed by atoms with van der Waals surface area (Å²) in [6, 6.07) is 4.66. The van der Waals surface area contributed by atoms with Gasteiger partial charge in [0.1, 0.15) is 17.9 Å². The van der Waals surface area contributed by atoms with Crippen LogP contribution in [-0.2, 0) is 20.7 Å². The van der Waals surface area contributed by atoms with Crippen molar-refractivity contribution in [1.29, 1.82) is 0 Å². The van der Waals surface area contributed by atoms with E-state index < -0.39 is 5.97 Å². The van der Waals surface area contributed by atoms with E-state index in [-0.39, 0.29) is 24.6 Å². The zero-order valence-electron chi connectivity index (χ0n) is 9.80. The summed E-state index contributed by atoms with van der Waals surface area (Å²) in [5, 5.41) is 10.0. The van der Waals surface area contributed by atoms with Crippen molar-refractivity contribution in [2.24, 2.45) is 0 Å². The van der Waals surface area contributed by atoms with Crippen LogP contribution >= 0.6 is 0 Å². The highest BCUT2D eigenvalue weighted by Crippen LogP contribution is 2.25. The quantitative estimate of drug-likeness (QED) is 0.835. The average Bonchev–Trinajstić information content (AvgIpc) is 2.69. The lowest BCUT2D eigenvalue weighted by atomic mass is 10.1. The Labute approximate surface area is 103 Å².